The molecule has 1 fully saturated rings. The highest BCUT2D eigenvalue weighted by atomic mass is 19.4. The Labute approximate surface area is 167 Å². The second-order valence-electron chi connectivity index (χ2n) is 7.11. The molecule has 2 atom stereocenters. The fraction of sp³-hybridized carbons (Fsp3) is 0.409. The molecule has 7 heteroatoms. The molecule has 0 bridgehead atoms. The van der Waals surface area contributed by atoms with E-state index in [4.69, 9.17) is 4.74 Å². The number of halogens is 3. The van der Waals surface area contributed by atoms with Gasteiger partial charge in [0.2, 0.25) is 0 Å². The van der Waals surface area contributed by atoms with Gasteiger partial charge < -0.3 is 9.84 Å². The standard InChI is InChI=1S/C22H24F3NO3/c1-2-29-18-12-8-16(9-13-18)20(26-14-4-3-5-19(26)21(27)28)15-6-10-17(11-7-15)22(23,24)25/h6-13,19-20H,2-5,14H2,1H3,(H,27,28). The van der Waals surface area contributed by atoms with Gasteiger partial charge in [0, 0.05) is 0 Å². The van der Waals surface area contributed by atoms with Gasteiger partial charge in [-0.25, -0.2) is 0 Å². The highest BCUT2D eigenvalue weighted by Crippen LogP contribution is 2.36. The van der Waals surface area contributed by atoms with E-state index >= 15 is 0 Å². The predicted molar refractivity (Wildman–Crippen MR) is 103 cm³/mol. The molecule has 3 rings (SSSR count). The zero-order valence-electron chi connectivity index (χ0n) is 16.2. The van der Waals surface area contributed by atoms with Crippen LogP contribution >= 0.6 is 0 Å². The summed E-state index contributed by atoms with van der Waals surface area (Å²) in [5.41, 5.74) is 0.733. The maximum atomic E-state index is 13.0. The molecule has 0 amide bonds. The van der Waals surface area contributed by atoms with Crippen molar-refractivity contribution in [1.82, 2.24) is 4.90 Å². The molecule has 1 saturated heterocycles. The van der Waals surface area contributed by atoms with Gasteiger partial charge in [0.1, 0.15) is 11.8 Å². The second-order valence-corrected chi connectivity index (χ2v) is 7.11. The van der Waals surface area contributed by atoms with Crippen molar-refractivity contribution in [2.24, 2.45) is 0 Å². The lowest BCUT2D eigenvalue weighted by Crippen LogP contribution is -2.46. The van der Waals surface area contributed by atoms with E-state index in [9.17, 15) is 23.1 Å². The van der Waals surface area contributed by atoms with Gasteiger partial charge in [-0.3, -0.25) is 9.69 Å². The van der Waals surface area contributed by atoms with E-state index in [1.807, 2.05) is 24.0 Å². The molecule has 2 aromatic carbocycles. The number of nitrogens with zero attached hydrogens (tertiary/aromatic N) is 1. The van der Waals surface area contributed by atoms with Crippen LogP contribution in [0, 0.1) is 0 Å². The number of benzene rings is 2. The molecule has 0 radical (unpaired) electrons. The summed E-state index contributed by atoms with van der Waals surface area (Å²) in [5.74, 6) is -0.219. The lowest BCUT2D eigenvalue weighted by molar-refractivity contribution is -0.145. The van der Waals surface area contributed by atoms with Crippen molar-refractivity contribution >= 4 is 5.97 Å². The monoisotopic (exact) mass is 407 g/mol. The topological polar surface area (TPSA) is 49.8 Å². The molecule has 1 aliphatic heterocycles. The van der Waals surface area contributed by atoms with Crippen molar-refractivity contribution in [2.75, 3.05) is 13.2 Å². The van der Waals surface area contributed by atoms with Crippen molar-refractivity contribution in [3.05, 3.63) is 65.2 Å². The van der Waals surface area contributed by atoms with Gasteiger partial charge in [0.15, 0.2) is 0 Å². The fourth-order valence-corrected chi connectivity index (χ4v) is 3.87. The number of ether oxygens (including phenoxy) is 1. The average Bonchev–Trinajstić information content (AvgIpc) is 2.70. The van der Waals surface area contributed by atoms with Crippen LogP contribution in [0.3, 0.4) is 0 Å². The van der Waals surface area contributed by atoms with E-state index in [2.05, 4.69) is 0 Å². The molecule has 4 nitrogen and oxygen atoms in total. The molecule has 0 aromatic heterocycles. The third-order valence-corrected chi connectivity index (χ3v) is 5.22. The molecule has 1 heterocycles. The first-order chi connectivity index (χ1) is 13.8. The van der Waals surface area contributed by atoms with Crippen LogP contribution in [0.1, 0.15) is 48.9 Å². The number of carboxylic acid groups (broad SMARTS) is 1. The highest BCUT2D eigenvalue weighted by Gasteiger charge is 2.36. The Balaban J connectivity index is 2.02. The Kier molecular flexibility index (Phi) is 6.47. The van der Waals surface area contributed by atoms with Crippen molar-refractivity contribution in [3.63, 3.8) is 0 Å². The molecule has 2 unspecified atom stereocenters. The first-order valence-corrected chi connectivity index (χ1v) is 9.69. The number of aliphatic carboxylic acids is 1. The van der Waals surface area contributed by atoms with Crippen LogP contribution in [0.2, 0.25) is 0 Å². The van der Waals surface area contributed by atoms with E-state index < -0.39 is 29.8 Å². The second kappa shape index (κ2) is 8.86. The molecule has 1 aliphatic rings. The zero-order valence-corrected chi connectivity index (χ0v) is 16.2. The van der Waals surface area contributed by atoms with E-state index in [0.29, 0.717) is 30.9 Å². The quantitative estimate of drug-likeness (QED) is 0.721. The summed E-state index contributed by atoms with van der Waals surface area (Å²) in [6.07, 6.45) is -2.24. The largest absolute Gasteiger partial charge is 0.494 e. The molecule has 156 valence electrons. The van der Waals surface area contributed by atoms with Gasteiger partial charge in [-0.15, -0.1) is 0 Å². The summed E-state index contributed by atoms with van der Waals surface area (Å²) in [7, 11) is 0. The smallest absolute Gasteiger partial charge is 0.416 e. The summed E-state index contributed by atoms with van der Waals surface area (Å²) in [6.45, 7) is 2.97. The number of likely N-dealkylation sites (tertiary alicyclic amines) is 1. The number of alkyl halides is 3. The number of carboxylic acids is 1. The van der Waals surface area contributed by atoms with Crippen LogP contribution in [0.25, 0.3) is 0 Å². The molecule has 2 aromatic rings. The van der Waals surface area contributed by atoms with Crippen LogP contribution in [0.5, 0.6) is 5.75 Å². The molecule has 0 spiro atoms. The fourth-order valence-electron chi connectivity index (χ4n) is 3.87. The normalized spacial score (nSPS) is 19.0. The first-order valence-electron chi connectivity index (χ1n) is 9.69. The molecular weight excluding hydrogens is 383 g/mol. The van der Waals surface area contributed by atoms with Crippen LogP contribution in [-0.4, -0.2) is 35.2 Å². The van der Waals surface area contributed by atoms with Crippen molar-refractivity contribution < 1.29 is 27.8 Å². The Morgan fingerprint density at radius 3 is 2.21 bits per heavy atom. The first kappa shape index (κ1) is 21.2. The minimum Gasteiger partial charge on any atom is -0.494 e. The number of piperidine rings is 1. The minimum absolute atomic E-state index is 0.450. The van der Waals surface area contributed by atoms with E-state index in [1.54, 1.807) is 12.1 Å². The summed E-state index contributed by atoms with van der Waals surface area (Å²) >= 11 is 0. The Morgan fingerprint density at radius 2 is 1.69 bits per heavy atom. The minimum atomic E-state index is -4.41. The van der Waals surface area contributed by atoms with E-state index in [-0.39, 0.29) is 0 Å². The van der Waals surface area contributed by atoms with Crippen LogP contribution in [0.15, 0.2) is 48.5 Å². The predicted octanol–water partition coefficient (Wildman–Crippen LogP) is 5.13. The Morgan fingerprint density at radius 1 is 1.10 bits per heavy atom. The van der Waals surface area contributed by atoms with Crippen LogP contribution in [-0.2, 0) is 11.0 Å². The SMILES string of the molecule is CCOc1ccc(C(c2ccc(C(F)(F)F)cc2)N2CCCCC2C(=O)O)cc1. The van der Waals surface area contributed by atoms with Gasteiger partial charge in [-0.2, -0.15) is 13.2 Å². The van der Waals surface area contributed by atoms with Gasteiger partial charge in [0.05, 0.1) is 18.2 Å². The molecule has 1 N–H and O–H groups in total. The van der Waals surface area contributed by atoms with Crippen LogP contribution < -0.4 is 4.74 Å². The summed E-state index contributed by atoms with van der Waals surface area (Å²) in [5, 5.41) is 9.71. The maximum absolute atomic E-state index is 13.0. The van der Waals surface area contributed by atoms with Crippen molar-refractivity contribution in [3.8, 4) is 5.75 Å². The van der Waals surface area contributed by atoms with Crippen molar-refractivity contribution in [2.45, 2.75) is 44.4 Å². The molecule has 29 heavy (non-hydrogen) atoms. The highest BCUT2D eigenvalue weighted by molar-refractivity contribution is 5.73. The number of rotatable bonds is 6. The summed E-state index contributed by atoms with van der Waals surface area (Å²) in [6, 6.07) is 11.2. The Bertz CT molecular complexity index is 819. The average molecular weight is 407 g/mol. The summed E-state index contributed by atoms with van der Waals surface area (Å²) in [4.78, 5) is 13.7. The van der Waals surface area contributed by atoms with Gasteiger partial charge in [-0.1, -0.05) is 30.7 Å². The van der Waals surface area contributed by atoms with E-state index in [1.165, 1.54) is 12.1 Å². The number of hydrogen-bond acceptors (Lipinski definition) is 3. The van der Waals surface area contributed by atoms with Crippen molar-refractivity contribution in [1.29, 1.82) is 0 Å². The maximum Gasteiger partial charge on any atom is 0.416 e. The molecule has 0 aliphatic carbocycles. The van der Waals surface area contributed by atoms with Gasteiger partial charge >= 0.3 is 12.1 Å². The van der Waals surface area contributed by atoms with E-state index in [0.717, 1.165) is 30.5 Å². The van der Waals surface area contributed by atoms with Gasteiger partial charge in [0.25, 0.3) is 0 Å². The lowest BCUT2D eigenvalue weighted by Gasteiger charge is -2.39. The summed E-state index contributed by atoms with van der Waals surface area (Å²) < 4.78 is 44.4. The number of hydrogen-bond donors (Lipinski definition) is 1. The lowest BCUT2D eigenvalue weighted by atomic mass is 9.91. The molecular formula is C22H24F3NO3. The molecule has 0 saturated carbocycles. The zero-order chi connectivity index (χ0) is 21.0. The van der Waals surface area contributed by atoms with Gasteiger partial charge in [-0.05, 0) is 61.7 Å². The number of carbonyl (C=O) groups is 1. The third kappa shape index (κ3) is 4.90. The van der Waals surface area contributed by atoms with Crippen LogP contribution in [0.4, 0.5) is 13.2 Å². The third-order valence-electron chi connectivity index (χ3n) is 5.22. The Hall–Kier alpha value is -2.54.